The Morgan fingerprint density at radius 1 is 0.727 bits per heavy atom. The first-order valence-electron chi connectivity index (χ1n) is 7.05. The minimum absolute atomic E-state index is 0.441. The van der Waals surface area contributed by atoms with Crippen molar-refractivity contribution in [2.24, 2.45) is 5.73 Å². The maximum absolute atomic E-state index is 11.4. The standard InChI is InChI=1S/C19H16N2O/c20-19(22)17-8-4-5-9-18(17)21-16-12-10-15(11-13-16)14-6-2-1-3-7-14/h1-13,21H,(H2,20,22). The Hall–Kier alpha value is -3.07. The summed E-state index contributed by atoms with van der Waals surface area (Å²) in [6.45, 7) is 0. The van der Waals surface area contributed by atoms with Crippen molar-refractivity contribution in [1.29, 1.82) is 0 Å². The predicted octanol–water partition coefficient (Wildman–Crippen LogP) is 4.20. The normalized spacial score (nSPS) is 10.2. The first-order chi connectivity index (χ1) is 10.7. The SMILES string of the molecule is NC(=O)c1ccccc1Nc1ccc(-c2ccccc2)cc1. The smallest absolute Gasteiger partial charge is 0.250 e. The fourth-order valence-electron chi connectivity index (χ4n) is 2.34. The van der Waals surface area contributed by atoms with Gasteiger partial charge in [-0.15, -0.1) is 0 Å². The van der Waals surface area contributed by atoms with Crippen LogP contribution < -0.4 is 11.1 Å². The zero-order chi connectivity index (χ0) is 15.4. The number of rotatable bonds is 4. The maximum Gasteiger partial charge on any atom is 0.250 e. The molecule has 22 heavy (non-hydrogen) atoms. The molecule has 3 nitrogen and oxygen atoms in total. The van der Waals surface area contributed by atoms with Gasteiger partial charge in [-0.05, 0) is 35.4 Å². The lowest BCUT2D eigenvalue weighted by Crippen LogP contribution is -2.13. The van der Waals surface area contributed by atoms with Crippen LogP contribution in [0.1, 0.15) is 10.4 Å². The summed E-state index contributed by atoms with van der Waals surface area (Å²) in [6, 6.07) is 25.5. The molecule has 0 unspecified atom stereocenters. The lowest BCUT2D eigenvalue weighted by atomic mass is 10.1. The summed E-state index contributed by atoms with van der Waals surface area (Å²) in [7, 11) is 0. The Labute approximate surface area is 129 Å². The van der Waals surface area contributed by atoms with E-state index in [1.54, 1.807) is 12.1 Å². The van der Waals surface area contributed by atoms with Crippen molar-refractivity contribution in [3.05, 3.63) is 84.4 Å². The van der Waals surface area contributed by atoms with E-state index < -0.39 is 5.91 Å². The molecular formula is C19H16N2O. The highest BCUT2D eigenvalue weighted by molar-refractivity contribution is 5.99. The molecule has 0 spiro atoms. The van der Waals surface area contributed by atoms with Gasteiger partial charge in [0.05, 0.1) is 11.3 Å². The van der Waals surface area contributed by atoms with Crippen LogP contribution in [0.4, 0.5) is 11.4 Å². The van der Waals surface area contributed by atoms with E-state index in [9.17, 15) is 4.79 Å². The van der Waals surface area contributed by atoms with Crippen molar-refractivity contribution in [3.8, 4) is 11.1 Å². The number of hydrogen-bond donors (Lipinski definition) is 2. The average Bonchev–Trinajstić information content (AvgIpc) is 2.57. The number of carbonyl (C=O) groups excluding carboxylic acids is 1. The van der Waals surface area contributed by atoms with Crippen LogP contribution in [-0.4, -0.2) is 5.91 Å². The van der Waals surface area contributed by atoms with Gasteiger partial charge in [0.15, 0.2) is 0 Å². The van der Waals surface area contributed by atoms with Crippen molar-refractivity contribution in [2.45, 2.75) is 0 Å². The molecule has 1 amide bonds. The number of amides is 1. The van der Waals surface area contributed by atoms with Crippen LogP contribution in [0.15, 0.2) is 78.9 Å². The Morgan fingerprint density at radius 2 is 1.32 bits per heavy atom. The summed E-state index contributed by atoms with van der Waals surface area (Å²) in [6.07, 6.45) is 0. The van der Waals surface area contributed by atoms with Crippen LogP contribution in [0, 0.1) is 0 Å². The first-order valence-corrected chi connectivity index (χ1v) is 7.05. The van der Waals surface area contributed by atoms with Crippen molar-refractivity contribution in [3.63, 3.8) is 0 Å². The largest absolute Gasteiger partial charge is 0.366 e. The molecular weight excluding hydrogens is 272 g/mol. The van der Waals surface area contributed by atoms with Gasteiger partial charge in [-0.1, -0.05) is 54.6 Å². The van der Waals surface area contributed by atoms with Gasteiger partial charge in [-0.25, -0.2) is 0 Å². The number of carbonyl (C=O) groups is 1. The molecule has 0 heterocycles. The van der Waals surface area contributed by atoms with E-state index in [1.807, 2.05) is 54.6 Å². The second kappa shape index (κ2) is 6.14. The molecule has 108 valence electrons. The molecule has 3 aromatic carbocycles. The van der Waals surface area contributed by atoms with E-state index in [0.29, 0.717) is 11.3 Å². The number of hydrogen-bond acceptors (Lipinski definition) is 2. The number of primary amides is 1. The van der Waals surface area contributed by atoms with E-state index in [0.717, 1.165) is 11.3 Å². The molecule has 0 fully saturated rings. The van der Waals surface area contributed by atoms with Gasteiger partial charge in [0.1, 0.15) is 0 Å². The summed E-state index contributed by atoms with van der Waals surface area (Å²) >= 11 is 0. The van der Waals surface area contributed by atoms with E-state index in [-0.39, 0.29) is 0 Å². The van der Waals surface area contributed by atoms with Gasteiger partial charge >= 0.3 is 0 Å². The van der Waals surface area contributed by atoms with Crippen LogP contribution in [0.3, 0.4) is 0 Å². The zero-order valence-corrected chi connectivity index (χ0v) is 12.0. The van der Waals surface area contributed by atoms with E-state index in [2.05, 4.69) is 17.4 Å². The van der Waals surface area contributed by atoms with Crippen LogP contribution >= 0.6 is 0 Å². The molecule has 0 bridgehead atoms. The number of nitrogens with two attached hydrogens (primary N) is 1. The number of anilines is 2. The third-order valence-corrected chi connectivity index (χ3v) is 3.46. The van der Waals surface area contributed by atoms with Crippen molar-refractivity contribution >= 4 is 17.3 Å². The van der Waals surface area contributed by atoms with Crippen LogP contribution in [-0.2, 0) is 0 Å². The molecule has 0 aromatic heterocycles. The second-order valence-electron chi connectivity index (χ2n) is 4.98. The highest BCUT2D eigenvalue weighted by Gasteiger charge is 2.07. The molecule has 3 rings (SSSR count). The number of benzene rings is 3. The Bertz CT molecular complexity index is 780. The summed E-state index contributed by atoms with van der Waals surface area (Å²) in [5.41, 5.74) is 9.81. The van der Waals surface area contributed by atoms with Crippen LogP contribution in [0.2, 0.25) is 0 Å². The van der Waals surface area contributed by atoms with Crippen LogP contribution in [0.25, 0.3) is 11.1 Å². The number of nitrogens with one attached hydrogen (secondary N) is 1. The highest BCUT2D eigenvalue weighted by atomic mass is 16.1. The zero-order valence-electron chi connectivity index (χ0n) is 12.0. The summed E-state index contributed by atoms with van der Waals surface area (Å²) in [4.78, 5) is 11.4. The Morgan fingerprint density at radius 3 is 2.00 bits per heavy atom. The number of para-hydroxylation sites is 1. The quantitative estimate of drug-likeness (QED) is 0.756. The lowest BCUT2D eigenvalue weighted by molar-refractivity contribution is 0.100. The highest BCUT2D eigenvalue weighted by Crippen LogP contribution is 2.24. The molecule has 0 radical (unpaired) electrons. The topological polar surface area (TPSA) is 55.1 Å². The summed E-state index contributed by atoms with van der Waals surface area (Å²) in [5, 5.41) is 3.23. The molecule has 0 atom stereocenters. The van der Waals surface area contributed by atoms with Gasteiger partial charge in [-0.2, -0.15) is 0 Å². The van der Waals surface area contributed by atoms with E-state index in [4.69, 9.17) is 5.73 Å². The summed E-state index contributed by atoms with van der Waals surface area (Å²) < 4.78 is 0. The molecule has 3 N–H and O–H groups in total. The van der Waals surface area contributed by atoms with Crippen molar-refractivity contribution in [1.82, 2.24) is 0 Å². The monoisotopic (exact) mass is 288 g/mol. The van der Waals surface area contributed by atoms with E-state index in [1.165, 1.54) is 5.56 Å². The van der Waals surface area contributed by atoms with Crippen molar-refractivity contribution < 1.29 is 4.79 Å². The molecule has 0 aliphatic heterocycles. The molecule has 3 heteroatoms. The fourth-order valence-corrected chi connectivity index (χ4v) is 2.34. The van der Waals surface area contributed by atoms with Crippen molar-refractivity contribution in [2.75, 3.05) is 5.32 Å². The predicted molar refractivity (Wildman–Crippen MR) is 90.1 cm³/mol. The van der Waals surface area contributed by atoms with Gasteiger partial charge in [0.2, 0.25) is 0 Å². The minimum atomic E-state index is -0.441. The molecule has 0 saturated carbocycles. The lowest BCUT2D eigenvalue weighted by Gasteiger charge is -2.10. The third-order valence-electron chi connectivity index (χ3n) is 3.46. The molecule has 3 aromatic rings. The Balaban J connectivity index is 1.84. The fraction of sp³-hybridized carbons (Fsp3) is 0. The second-order valence-corrected chi connectivity index (χ2v) is 4.98. The van der Waals surface area contributed by atoms with Gasteiger partial charge in [-0.3, -0.25) is 4.79 Å². The first kappa shape index (κ1) is 13.9. The van der Waals surface area contributed by atoms with E-state index >= 15 is 0 Å². The van der Waals surface area contributed by atoms with Gasteiger partial charge in [0.25, 0.3) is 5.91 Å². The Kier molecular flexibility index (Phi) is 3.88. The minimum Gasteiger partial charge on any atom is -0.366 e. The molecule has 0 aliphatic rings. The third kappa shape index (κ3) is 2.99. The molecule has 0 saturated heterocycles. The van der Waals surface area contributed by atoms with Gasteiger partial charge < -0.3 is 11.1 Å². The average molecular weight is 288 g/mol. The maximum atomic E-state index is 11.4. The molecule has 0 aliphatic carbocycles. The van der Waals surface area contributed by atoms with Crippen LogP contribution in [0.5, 0.6) is 0 Å². The summed E-state index contributed by atoms with van der Waals surface area (Å²) in [5.74, 6) is -0.441. The van der Waals surface area contributed by atoms with Gasteiger partial charge in [0, 0.05) is 5.69 Å².